The van der Waals surface area contributed by atoms with Crippen LogP contribution in [0.2, 0.25) is 0 Å². The highest BCUT2D eigenvalue weighted by Crippen LogP contribution is 2.10. The third kappa shape index (κ3) is 3.20. The number of benzene rings is 1. The number of aryl methyl sites for hydroxylation is 2. The maximum atomic E-state index is 12.0. The minimum absolute atomic E-state index is 0.184. The smallest absolute Gasteiger partial charge is 0.248 e. The highest BCUT2D eigenvalue weighted by molar-refractivity contribution is 6.01. The van der Waals surface area contributed by atoms with Crippen molar-refractivity contribution in [3.63, 3.8) is 0 Å². The number of pyridine rings is 1. The Morgan fingerprint density at radius 2 is 1.91 bits per heavy atom. The van der Waals surface area contributed by atoms with Crippen LogP contribution in [0.5, 0.6) is 0 Å². The Balaban J connectivity index is 1.70. The van der Waals surface area contributed by atoms with E-state index >= 15 is 0 Å². The molecule has 5 heteroatoms. The summed E-state index contributed by atoms with van der Waals surface area (Å²) in [6.45, 7) is 3.86. The molecular weight excluding hydrogens is 276 g/mol. The molecule has 0 aliphatic rings. The van der Waals surface area contributed by atoms with E-state index < -0.39 is 0 Å². The Bertz CT molecular complexity index is 847. The van der Waals surface area contributed by atoms with Crippen molar-refractivity contribution in [1.29, 1.82) is 0 Å². The molecule has 0 radical (unpaired) electrons. The van der Waals surface area contributed by atoms with Crippen LogP contribution in [0.15, 0.2) is 48.7 Å². The number of hydrogen-bond acceptors (Lipinski definition) is 3. The van der Waals surface area contributed by atoms with Crippen LogP contribution in [0, 0.1) is 13.8 Å². The van der Waals surface area contributed by atoms with Crippen LogP contribution in [-0.4, -0.2) is 20.5 Å². The van der Waals surface area contributed by atoms with Gasteiger partial charge in [0.05, 0.1) is 11.9 Å². The maximum Gasteiger partial charge on any atom is 0.248 e. The lowest BCUT2D eigenvalue weighted by Gasteiger charge is -2.02. The predicted octanol–water partition coefficient (Wildman–Crippen LogP) is 3.00. The van der Waals surface area contributed by atoms with Gasteiger partial charge in [-0.15, -0.1) is 0 Å². The fourth-order valence-electron chi connectivity index (χ4n) is 2.10. The zero-order valence-electron chi connectivity index (χ0n) is 12.4. The SMILES string of the molecule is Cc1ccc(/C=C/C(=O)Nc2ccc3nc(C)nn3c2)cc1. The summed E-state index contributed by atoms with van der Waals surface area (Å²) in [5, 5.41) is 7.03. The van der Waals surface area contributed by atoms with Gasteiger partial charge >= 0.3 is 0 Å². The largest absolute Gasteiger partial charge is 0.321 e. The Kier molecular flexibility index (Phi) is 3.70. The van der Waals surface area contributed by atoms with Crippen molar-refractivity contribution in [1.82, 2.24) is 14.6 Å². The second kappa shape index (κ2) is 5.81. The summed E-state index contributed by atoms with van der Waals surface area (Å²) in [5.74, 6) is 0.513. The van der Waals surface area contributed by atoms with Gasteiger partial charge in [0, 0.05) is 6.08 Å². The molecule has 2 heterocycles. The molecule has 3 rings (SSSR count). The predicted molar refractivity (Wildman–Crippen MR) is 86.6 cm³/mol. The molecule has 0 unspecified atom stereocenters. The second-order valence-corrected chi connectivity index (χ2v) is 5.11. The molecule has 110 valence electrons. The van der Waals surface area contributed by atoms with E-state index in [1.165, 1.54) is 11.6 Å². The third-order valence-electron chi connectivity index (χ3n) is 3.21. The van der Waals surface area contributed by atoms with Gasteiger partial charge in [0.2, 0.25) is 5.91 Å². The molecule has 1 aromatic carbocycles. The zero-order chi connectivity index (χ0) is 15.5. The van der Waals surface area contributed by atoms with Gasteiger partial charge in [0.15, 0.2) is 5.65 Å². The maximum absolute atomic E-state index is 12.0. The molecule has 0 bridgehead atoms. The fourth-order valence-corrected chi connectivity index (χ4v) is 2.10. The van der Waals surface area contributed by atoms with Crippen LogP contribution in [-0.2, 0) is 4.79 Å². The van der Waals surface area contributed by atoms with Crippen LogP contribution in [0.1, 0.15) is 17.0 Å². The van der Waals surface area contributed by atoms with Gasteiger partial charge in [-0.25, -0.2) is 9.50 Å². The Morgan fingerprint density at radius 3 is 2.68 bits per heavy atom. The lowest BCUT2D eigenvalue weighted by Crippen LogP contribution is -2.08. The molecule has 0 aliphatic heterocycles. The average Bonchev–Trinajstić information content (AvgIpc) is 2.86. The number of anilines is 1. The molecule has 22 heavy (non-hydrogen) atoms. The summed E-state index contributed by atoms with van der Waals surface area (Å²) in [6, 6.07) is 11.6. The number of hydrogen-bond donors (Lipinski definition) is 1. The highest BCUT2D eigenvalue weighted by Gasteiger charge is 2.02. The van der Waals surface area contributed by atoms with Crippen molar-refractivity contribution in [2.75, 3.05) is 5.32 Å². The summed E-state index contributed by atoms with van der Waals surface area (Å²) in [5.41, 5.74) is 3.61. The van der Waals surface area contributed by atoms with E-state index in [0.29, 0.717) is 11.5 Å². The Hall–Kier alpha value is -2.95. The molecule has 0 saturated heterocycles. The van der Waals surface area contributed by atoms with Gasteiger partial charge in [-0.1, -0.05) is 29.8 Å². The summed E-state index contributed by atoms with van der Waals surface area (Å²) >= 11 is 0. The lowest BCUT2D eigenvalue weighted by molar-refractivity contribution is -0.111. The monoisotopic (exact) mass is 292 g/mol. The number of aromatic nitrogens is 3. The van der Waals surface area contributed by atoms with Gasteiger partial charge in [0.1, 0.15) is 5.82 Å². The molecule has 0 fully saturated rings. The van der Waals surface area contributed by atoms with Crippen LogP contribution >= 0.6 is 0 Å². The number of rotatable bonds is 3. The van der Waals surface area contributed by atoms with Crippen LogP contribution < -0.4 is 5.32 Å². The quantitative estimate of drug-likeness (QED) is 0.755. The normalized spacial score (nSPS) is 11.2. The van der Waals surface area contributed by atoms with E-state index in [2.05, 4.69) is 15.4 Å². The van der Waals surface area contributed by atoms with Crippen LogP contribution in [0.25, 0.3) is 11.7 Å². The molecule has 0 spiro atoms. The zero-order valence-corrected chi connectivity index (χ0v) is 12.4. The third-order valence-corrected chi connectivity index (χ3v) is 3.21. The molecule has 2 aromatic heterocycles. The number of carbonyl (C=O) groups is 1. The van der Waals surface area contributed by atoms with E-state index in [1.54, 1.807) is 22.9 Å². The second-order valence-electron chi connectivity index (χ2n) is 5.11. The van der Waals surface area contributed by atoms with E-state index in [1.807, 2.05) is 44.2 Å². The molecule has 5 nitrogen and oxygen atoms in total. The Morgan fingerprint density at radius 1 is 1.14 bits per heavy atom. The standard InChI is InChI=1S/C17H16N4O/c1-12-3-5-14(6-4-12)7-10-17(22)19-15-8-9-16-18-13(2)20-21(16)11-15/h3-11H,1-2H3,(H,19,22)/b10-7+. The van der Waals surface area contributed by atoms with E-state index in [0.717, 1.165) is 11.2 Å². The fraction of sp³-hybridized carbons (Fsp3) is 0.118. The van der Waals surface area contributed by atoms with Crippen molar-refractivity contribution in [2.45, 2.75) is 13.8 Å². The van der Waals surface area contributed by atoms with Gasteiger partial charge in [-0.05, 0) is 37.6 Å². The minimum atomic E-state index is -0.184. The van der Waals surface area contributed by atoms with Gasteiger partial charge in [-0.3, -0.25) is 4.79 Å². The van der Waals surface area contributed by atoms with Gasteiger partial charge in [0.25, 0.3) is 0 Å². The van der Waals surface area contributed by atoms with Crippen LogP contribution in [0.3, 0.4) is 0 Å². The van der Waals surface area contributed by atoms with Crippen molar-refractivity contribution >= 4 is 23.3 Å². The minimum Gasteiger partial charge on any atom is -0.321 e. The number of fused-ring (bicyclic) bond motifs is 1. The van der Waals surface area contributed by atoms with E-state index in [4.69, 9.17) is 0 Å². The van der Waals surface area contributed by atoms with Gasteiger partial charge < -0.3 is 5.32 Å². The molecule has 0 aliphatic carbocycles. The van der Waals surface area contributed by atoms with Crippen molar-refractivity contribution in [2.24, 2.45) is 0 Å². The number of nitrogens with one attached hydrogen (secondary N) is 1. The molecule has 1 N–H and O–H groups in total. The Labute approximate surface area is 128 Å². The van der Waals surface area contributed by atoms with Crippen molar-refractivity contribution in [3.8, 4) is 0 Å². The molecule has 0 atom stereocenters. The van der Waals surface area contributed by atoms with E-state index in [-0.39, 0.29) is 5.91 Å². The molecule has 1 amide bonds. The topological polar surface area (TPSA) is 59.3 Å². The summed E-state index contributed by atoms with van der Waals surface area (Å²) in [6.07, 6.45) is 5.04. The molecular formula is C17H16N4O. The highest BCUT2D eigenvalue weighted by atomic mass is 16.1. The lowest BCUT2D eigenvalue weighted by atomic mass is 10.1. The van der Waals surface area contributed by atoms with Crippen molar-refractivity contribution < 1.29 is 4.79 Å². The summed E-state index contributed by atoms with van der Waals surface area (Å²) in [7, 11) is 0. The van der Waals surface area contributed by atoms with Crippen LogP contribution in [0.4, 0.5) is 5.69 Å². The summed E-state index contributed by atoms with van der Waals surface area (Å²) < 4.78 is 1.65. The number of amides is 1. The number of carbonyl (C=O) groups excluding carboxylic acids is 1. The first-order valence-electron chi connectivity index (χ1n) is 6.99. The molecule has 3 aromatic rings. The first kappa shape index (κ1) is 14.0. The first-order chi connectivity index (χ1) is 10.6. The van der Waals surface area contributed by atoms with E-state index in [9.17, 15) is 4.79 Å². The van der Waals surface area contributed by atoms with Crippen molar-refractivity contribution in [3.05, 3.63) is 65.6 Å². The average molecular weight is 292 g/mol. The summed E-state index contributed by atoms with van der Waals surface area (Å²) in [4.78, 5) is 16.2. The molecule has 0 saturated carbocycles. The first-order valence-corrected chi connectivity index (χ1v) is 6.99. The number of nitrogens with zero attached hydrogens (tertiary/aromatic N) is 3. The van der Waals surface area contributed by atoms with Gasteiger partial charge in [-0.2, -0.15) is 5.10 Å².